The first-order valence-electron chi connectivity index (χ1n) is 10.3. The maximum Gasteiger partial charge on any atom is 0.248 e. The number of amides is 1. The third kappa shape index (κ3) is 5.60. The lowest BCUT2D eigenvalue weighted by Gasteiger charge is -2.17. The maximum atomic E-state index is 12.2. The van der Waals surface area contributed by atoms with Crippen molar-refractivity contribution in [3.05, 3.63) is 72.4 Å². The Hall–Kier alpha value is -3.87. The van der Waals surface area contributed by atoms with Gasteiger partial charge in [-0.15, -0.1) is 5.10 Å². The zero-order chi connectivity index (χ0) is 21.5. The molecule has 2 aromatic carbocycles. The van der Waals surface area contributed by atoms with Crippen LogP contribution in [0.25, 0.3) is 6.08 Å². The average Bonchev–Trinajstić information content (AvgIpc) is 3.35. The summed E-state index contributed by atoms with van der Waals surface area (Å²) in [6.07, 6.45) is 7.50. The first kappa shape index (κ1) is 20.4. The van der Waals surface area contributed by atoms with Gasteiger partial charge in [-0.2, -0.15) is 5.10 Å². The molecule has 0 radical (unpaired) electrons. The monoisotopic (exact) mass is 415 g/mol. The molecule has 2 N–H and O–H groups in total. The van der Waals surface area contributed by atoms with E-state index in [1.54, 1.807) is 19.4 Å². The highest BCUT2D eigenvalue weighted by Crippen LogP contribution is 2.23. The molecule has 1 amide bonds. The zero-order valence-electron chi connectivity index (χ0n) is 17.4. The minimum atomic E-state index is -0.194. The Bertz CT molecular complexity index is 1040. The van der Waals surface area contributed by atoms with Crippen LogP contribution in [-0.4, -0.2) is 36.3 Å². The van der Waals surface area contributed by atoms with Crippen LogP contribution in [0, 0.1) is 0 Å². The van der Waals surface area contributed by atoms with Crippen LogP contribution in [0.15, 0.2) is 66.9 Å². The van der Waals surface area contributed by atoms with Crippen molar-refractivity contribution in [3.63, 3.8) is 0 Å². The maximum absolute atomic E-state index is 12.2. The minimum Gasteiger partial charge on any atom is -0.497 e. The first-order chi connectivity index (χ1) is 15.2. The Balaban J connectivity index is 1.33. The zero-order valence-corrected chi connectivity index (χ0v) is 17.4. The Morgan fingerprint density at radius 3 is 2.45 bits per heavy atom. The molecule has 158 valence electrons. The third-order valence-corrected chi connectivity index (χ3v) is 5.08. The highest BCUT2D eigenvalue weighted by molar-refractivity contribution is 6.02. The van der Waals surface area contributed by atoms with E-state index in [0.717, 1.165) is 35.8 Å². The number of nitrogens with zero attached hydrogens (tertiary/aromatic N) is 3. The molecule has 0 aliphatic carbocycles. The number of nitrogens with one attached hydrogen (secondary N) is 2. The summed E-state index contributed by atoms with van der Waals surface area (Å²) in [6.45, 7) is 2.12. The lowest BCUT2D eigenvalue weighted by molar-refractivity contribution is -0.111. The van der Waals surface area contributed by atoms with Gasteiger partial charge in [0.1, 0.15) is 5.75 Å². The van der Waals surface area contributed by atoms with Crippen LogP contribution < -0.4 is 20.3 Å². The molecule has 1 aliphatic heterocycles. The average molecular weight is 415 g/mol. The lowest BCUT2D eigenvalue weighted by atomic mass is 10.2. The number of ether oxygens (including phenoxy) is 1. The molecule has 31 heavy (non-hydrogen) atoms. The van der Waals surface area contributed by atoms with E-state index in [4.69, 9.17) is 4.74 Å². The number of anilines is 4. The number of aromatic nitrogens is 2. The molecular weight excluding hydrogens is 390 g/mol. The van der Waals surface area contributed by atoms with E-state index in [1.807, 2.05) is 54.6 Å². The third-order valence-electron chi connectivity index (χ3n) is 5.08. The van der Waals surface area contributed by atoms with Crippen molar-refractivity contribution in [1.82, 2.24) is 10.2 Å². The van der Waals surface area contributed by atoms with Gasteiger partial charge in [-0.1, -0.05) is 12.1 Å². The molecule has 2 heterocycles. The summed E-state index contributed by atoms with van der Waals surface area (Å²) in [4.78, 5) is 14.5. The van der Waals surface area contributed by atoms with Crippen LogP contribution in [-0.2, 0) is 4.79 Å². The number of hydrogen-bond donors (Lipinski definition) is 2. The van der Waals surface area contributed by atoms with Crippen molar-refractivity contribution >= 4 is 34.9 Å². The Kier molecular flexibility index (Phi) is 6.42. The summed E-state index contributed by atoms with van der Waals surface area (Å²) in [7, 11) is 1.62. The van der Waals surface area contributed by atoms with E-state index >= 15 is 0 Å². The number of methoxy groups -OCH3 is 1. The standard InChI is InChI=1S/C24H25N5O2/c1-31-22-11-4-18(5-12-22)6-13-24(30)27-20-9-7-19(8-10-20)26-23-16-21(17-25-28-23)29-14-2-3-15-29/h4-13,16-17H,2-3,14-15H2,1H3,(H,26,28)(H,27,30)/b13-6+. The van der Waals surface area contributed by atoms with Gasteiger partial charge in [0.15, 0.2) is 5.82 Å². The first-order valence-corrected chi connectivity index (χ1v) is 10.3. The fraction of sp³-hybridized carbons (Fsp3) is 0.208. The molecule has 3 aromatic rings. The van der Waals surface area contributed by atoms with E-state index in [9.17, 15) is 4.79 Å². The van der Waals surface area contributed by atoms with Gasteiger partial charge < -0.3 is 20.3 Å². The minimum absolute atomic E-state index is 0.194. The van der Waals surface area contributed by atoms with Gasteiger partial charge >= 0.3 is 0 Å². The van der Waals surface area contributed by atoms with E-state index < -0.39 is 0 Å². The molecule has 7 heteroatoms. The van der Waals surface area contributed by atoms with Gasteiger partial charge in [0, 0.05) is 36.6 Å². The molecule has 0 spiro atoms. The summed E-state index contributed by atoms with van der Waals surface area (Å²) in [5.41, 5.74) is 3.60. The van der Waals surface area contributed by atoms with Crippen LogP contribution in [0.1, 0.15) is 18.4 Å². The predicted molar refractivity (Wildman–Crippen MR) is 124 cm³/mol. The van der Waals surface area contributed by atoms with Crippen molar-refractivity contribution in [1.29, 1.82) is 0 Å². The van der Waals surface area contributed by atoms with Gasteiger partial charge in [-0.25, -0.2) is 0 Å². The summed E-state index contributed by atoms with van der Waals surface area (Å²) in [5.74, 6) is 1.29. The summed E-state index contributed by atoms with van der Waals surface area (Å²) >= 11 is 0. The molecule has 0 unspecified atom stereocenters. The largest absolute Gasteiger partial charge is 0.497 e. The van der Waals surface area contributed by atoms with E-state index in [1.165, 1.54) is 18.9 Å². The molecule has 0 bridgehead atoms. The molecule has 0 atom stereocenters. The number of carbonyl (C=O) groups excluding carboxylic acids is 1. The fourth-order valence-corrected chi connectivity index (χ4v) is 3.42. The summed E-state index contributed by atoms with van der Waals surface area (Å²) in [5, 5.41) is 14.4. The molecule has 1 aliphatic rings. The molecule has 7 nitrogen and oxygen atoms in total. The van der Waals surface area contributed by atoms with Gasteiger partial charge in [0.2, 0.25) is 5.91 Å². The second-order valence-electron chi connectivity index (χ2n) is 7.29. The SMILES string of the molecule is COc1ccc(/C=C/C(=O)Nc2ccc(Nc3cc(N4CCCC4)cnn3)cc2)cc1. The molecule has 1 saturated heterocycles. The predicted octanol–water partition coefficient (Wildman–Crippen LogP) is 4.48. The van der Waals surface area contributed by atoms with Gasteiger partial charge in [0.05, 0.1) is 19.0 Å². The molecule has 1 aromatic heterocycles. The Morgan fingerprint density at radius 1 is 1.03 bits per heavy atom. The fourth-order valence-electron chi connectivity index (χ4n) is 3.42. The molecule has 4 rings (SSSR count). The number of rotatable bonds is 7. The van der Waals surface area contributed by atoms with Crippen LogP contribution >= 0.6 is 0 Å². The van der Waals surface area contributed by atoms with Gasteiger partial charge in [0.25, 0.3) is 0 Å². The lowest BCUT2D eigenvalue weighted by Crippen LogP contribution is -2.18. The van der Waals surface area contributed by atoms with Crippen molar-refractivity contribution in [2.24, 2.45) is 0 Å². The topological polar surface area (TPSA) is 79.4 Å². The quantitative estimate of drug-likeness (QED) is 0.554. The van der Waals surface area contributed by atoms with Gasteiger partial charge in [-0.05, 0) is 60.9 Å². The van der Waals surface area contributed by atoms with Crippen LogP contribution in [0.2, 0.25) is 0 Å². The van der Waals surface area contributed by atoms with Crippen LogP contribution in [0.3, 0.4) is 0 Å². The highest BCUT2D eigenvalue weighted by atomic mass is 16.5. The van der Waals surface area contributed by atoms with E-state index in [2.05, 4.69) is 25.7 Å². The molecule has 0 saturated carbocycles. The van der Waals surface area contributed by atoms with Crippen molar-refractivity contribution in [3.8, 4) is 5.75 Å². The van der Waals surface area contributed by atoms with Crippen molar-refractivity contribution in [2.75, 3.05) is 35.7 Å². The molecule has 1 fully saturated rings. The summed E-state index contributed by atoms with van der Waals surface area (Å²) in [6, 6.07) is 17.0. The Labute approximate surface area is 181 Å². The second-order valence-corrected chi connectivity index (χ2v) is 7.29. The number of hydrogen-bond acceptors (Lipinski definition) is 6. The number of carbonyl (C=O) groups is 1. The normalized spacial score (nSPS) is 13.4. The van der Waals surface area contributed by atoms with Crippen molar-refractivity contribution < 1.29 is 9.53 Å². The van der Waals surface area contributed by atoms with Gasteiger partial charge in [-0.3, -0.25) is 4.79 Å². The summed E-state index contributed by atoms with van der Waals surface area (Å²) < 4.78 is 5.13. The van der Waals surface area contributed by atoms with E-state index in [-0.39, 0.29) is 5.91 Å². The van der Waals surface area contributed by atoms with Crippen LogP contribution in [0.4, 0.5) is 22.9 Å². The highest BCUT2D eigenvalue weighted by Gasteiger charge is 2.13. The van der Waals surface area contributed by atoms with E-state index in [0.29, 0.717) is 11.5 Å². The smallest absolute Gasteiger partial charge is 0.248 e. The van der Waals surface area contributed by atoms with Crippen LogP contribution in [0.5, 0.6) is 5.75 Å². The number of benzene rings is 2. The van der Waals surface area contributed by atoms with Crippen molar-refractivity contribution in [2.45, 2.75) is 12.8 Å². The Morgan fingerprint density at radius 2 is 1.74 bits per heavy atom. The molecular formula is C24H25N5O2. The second kappa shape index (κ2) is 9.75.